The zero-order valence-corrected chi connectivity index (χ0v) is 18.4. The molecule has 1 N–H and O–H groups in total. The third-order valence-electron chi connectivity index (χ3n) is 4.60. The monoisotopic (exact) mass is 470 g/mol. The van der Waals surface area contributed by atoms with Crippen molar-refractivity contribution in [2.45, 2.75) is 17.3 Å². The first-order chi connectivity index (χ1) is 15.4. The summed E-state index contributed by atoms with van der Waals surface area (Å²) in [6.07, 6.45) is 0. The third kappa shape index (κ3) is 4.66. The predicted molar refractivity (Wildman–Crippen MR) is 122 cm³/mol. The first kappa shape index (κ1) is 22.0. The first-order valence-corrected chi connectivity index (χ1v) is 10.9. The van der Waals surface area contributed by atoms with Crippen LogP contribution in [-0.4, -0.2) is 25.9 Å². The normalized spacial score (nSPS) is 11.9. The molecule has 9 heteroatoms. The average molecular weight is 471 g/mol. The number of para-hydroxylation sites is 1. The van der Waals surface area contributed by atoms with E-state index in [0.29, 0.717) is 22.2 Å². The van der Waals surface area contributed by atoms with Crippen LogP contribution in [0, 0.1) is 11.6 Å². The fourth-order valence-electron chi connectivity index (χ4n) is 3.01. The zero-order chi connectivity index (χ0) is 22.7. The molecule has 4 rings (SSSR count). The van der Waals surface area contributed by atoms with Gasteiger partial charge in [-0.1, -0.05) is 53.7 Å². The zero-order valence-electron chi connectivity index (χ0n) is 16.8. The third-order valence-corrected chi connectivity index (χ3v) is 5.96. The second-order valence-corrected chi connectivity index (χ2v) is 8.55. The molecule has 0 saturated carbocycles. The molecule has 0 fully saturated rings. The van der Waals surface area contributed by atoms with E-state index in [9.17, 15) is 13.6 Å². The van der Waals surface area contributed by atoms with Crippen molar-refractivity contribution in [1.82, 2.24) is 14.8 Å². The van der Waals surface area contributed by atoms with Gasteiger partial charge in [0, 0.05) is 5.69 Å². The van der Waals surface area contributed by atoms with Crippen molar-refractivity contribution in [2.24, 2.45) is 0 Å². The Balaban J connectivity index is 1.65. The molecule has 0 spiro atoms. The highest BCUT2D eigenvalue weighted by Gasteiger charge is 2.23. The summed E-state index contributed by atoms with van der Waals surface area (Å²) in [6, 6.07) is 19.3. The van der Waals surface area contributed by atoms with Crippen molar-refractivity contribution in [3.63, 3.8) is 0 Å². The van der Waals surface area contributed by atoms with Gasteiger partial charge in [-0.2, -0.15) is 0 Å². The molecule has 162 valence electrons. The van der Waals surface area contributed by atoms with Crippen LogP contribution >= 0.6 is 23.4 Å². The van der Waals surface area contributed by atoms with E-state index in [-0.39, 0.29) is 10.9 Å². The molecule has 1 amide bonds. The van der Waals surface area contributed by atoms with Gasteiger partial charge >= 0.3 is 0 Å². The van der Waals surface area contributed by atoms with Crippen molar-refractivity contribution in [2.75, 3.05) is 5.32 Å². The quantitative estimate of drug-likeness (QED) is 0.352. The van der Waals surface area contributed by atoms with E-state index in [4.69, 9.17) is 11.6 Å². The summed E-state index contributed by atoms with van der Waals surface area (Å²) in [4.78, 5) is 12.7. The van der Waals surface area contributed by atoms with E-state index in [1.165, 1.54) is 18.2 Å². The maximum absolute atomic E-state index is 14.5. The Morgan fingerprint density at radius 3 is 2.47 bits per heavy atom. The van der Waals surface area contributed by atoms with Gasteiger partial charge in [-0.3, -0.25) is 9.36 Å². The van der Waals surface area contributed by atoms with Gasteiger partial charge in [-0.25, -0.2) is 8.78 Å². The van der Waals surface area contributed by atoms with Crippen molar-refractivity contribution in [3.8, 4) is 17.1 Å². The van der Waals surface area contributed by atoms with Crippen LogP contribution in [-0.2, 0) is 4.79 Å². The van der Waals surface area contributed by atoms with Crippen LogP contribution < -0.4 is 5.32 Å². The molecule has 5 nitrogen and oxygen atoms in total. The van der Waals surface area contributed by atoms with Gasteiger partial charge in [0.15, 0.2) is 11.0 Å². The fourth-order valence-corrected chi connectivity index (χ4v) is 4.09. The fraction of sp³-hybridized carbons (Fsp3) is 0.0870. The van der Waals surface area contributed by atoms with Gasteiger partial charge in [0.05, 0.1) is 21.5 Å². The average Bonchev–Trinajstić information content (AvgIpc) is 3.19. The second kappa shape index (κ2) is 9.50. The van der Waals surface area contributed by atoms with E-state index < -0.39 is 16.9 Å². The highest BCUT2D eigenvalue weighted by molar-refractivity contribution is 8.00. The minimum Gasteiger partial charge on any atom is -0.324 e. The lowest BCUT2D eigenvalue weighted by molar-refractivity contribution is -0.115. The number of benzene rings is 3. The molecule has 0 radical (unpaired) electrons. The number of anilines is 1. The number of carbonyl (C=O) groups is 1. The molecule has 0 unspecified atom stereocenters. The van der Waals surface area contributed by atoms with Crippen molar-refractivity contribution >= 4 is 35.0 Å². The molecule has 0 aliphatic rings. The van der Waals surface area contributed by atoms with Crippen LogP contribution in [0.15, 0.2) is 78.0 Å². The summed E-state index contributed by atoms with van der Waals surface area (Å²) >= 11 is 7.17. The molecular formula is C23H17ClF2N4OS. The van der Waals surface area contributed by atoms with Crippen LogP contribution in [0.5, 0.6) is 0 Å². The lowest BCUT2D eigenvalue weighted by Crippen LogP contribution is -2.23. The Kier molecular flexibility index (Phi) is 6.53. The number of thioether (sulfide) groups is 1. The van der Waals surface area contributed by atoms with E-state index in [0.717, 1.165) is 23.5 Å². The molecule has 0 saturated heterocycles. The topological polar surface area (TPSA) is 59.8 Å². The number of nitrogens with one attached hydrogen (secondary N) is 1. The molecule has 0 aliphatic heterocycles. The summed E-state index contributed by atoms with van der Waals surface area (Å²) in [5.74, 6) is -0.943. The highest BCUT2D eigenvalue weighted by atomic mass is 35.5. The number of halogens is 3. The Labute approximate surface area is 192 Å². The Morgan fingerprint density at radius 1 is 1.03 bits per heavy atom. The number of amides is 1. The van der Waals surface area contributed by atoms with Crippen LogP contribution in [0.2, 0.25) is 5.02 Å². The maximum Gasteiger partial charge on any atom is 0.237 e. The highest BCUT2D eigenvalue weighted by Crippen LogP contribution is 2.32. The SMILES string of the molecule is C[C@@H](Sc1nnc(-c2ccccc2F)n1-c1ccccc1)C(=O)Nc1ccc(F)cc1Cl. The summed E-state index contributed by atoms with van der Waals surface area (Å²) in [6.45, 7) is 1.70. The Hall–Kier alpha value is -3.23. The van der Waals surface area contributed by atoms with Crippen LogP contribution in [0.1, 0.15) is 6.92 Å². The van der Waals surface area contributed by atoms with E-state index in [2.05, 4.69) is 15.5 Å². The Bertz CT molecular complexity index is 1270. The van der Waals surface area contributed by atoms with Crippen molar-refractivity contribution in [1.29, 1.82) is 0 Å². The van der Waals surface area contributed by atoms with Crippen LogP contribution in [0.25, 0.3) is 17.1 Å². The number of nitrogens with zero attached hydrogens (tertiary/aromatic N) is 3. The molecule has 1 atom stereocenters. The molecule has 32 heavy (non-hydrogen) atoms. The molecule has 0 aliphatic carbocycles. The maximum atomic E-state index is 14.5. The smallest absolute Gasteiger partial charge is 0.237 e. The van der Waals surface area contributed by atoms with E-state index >= 15 is 0 Å². The molecular weight excluding hydrogens is 454 g/mol. The number of aromatic nitrogens is 3. The van der Waals surface area contributed by atoms with Gasteiger partial charge in [-0.05, 0) is 49.4 Å². The molecule has 3 aromatic carbocycles. The van der Waals surface area contributed by atoms with E-state index in [1.807, 2.05) is 30.3 Å². The van der Waals surface area contributed by atoms with E-state index in [1.54, 1.807) is 29.7 Å². The number of hydrogen-bond acceptors (Lipinski definition) is 4. The van der Waals surface area contributed by atoms with Crippen molar-refractivity contribution in [3.05, 3.63) is 89.5 Å². The van der Waals surface area contributed by atoms with Gasteiger partial charge < -0.3 is 5.32 Å². The molecule has 1 aromatic heterocycles. The Morgan fingerprint density at radius 2 is 1.75 bits per heavy atom. The summed E-state index contributed by atoms with van der Waals surface area (Å²) < 4.78 is 29.5. The van der Waals surface area contributed by atoms with Gasteiger partial charge in [0.25, 0.3) is 0 Å². The van der Waals surface area contributed by atoms with Crippen LogP contribution in [0.3, 0.4) is 0 Å². The first-order valence-electron chi connectivity index (χ1n) is 9.62. The van der Waals surface area contributed by atoms with Crippen molar-refractivity contribution < 1.29 is 13.6 Å². The number of carbonyl (C=O) groups excluding carboxylic acids is 1. The minimum atomic E-state index is -0.601. The van der Waals surface area contributed by atoms with Gasteiger partial charge in [0.1, 0.15) is 11.6 Å². The summed E-state index contributed by atoms with van der Waals surface area (Å²) in [5, 5.41) is 11.0. The molecule has 0 bridgehead atoms. The number of hydrogen-bond donors (Lipinski definition) is 1. The minimum absolute atomic E-state index is 0.102. The largest absolute Gasteiger partial charge is 0.324 e. The summed E-state index contributed by atoms with van der Waals surface area (Å²) in [5.41, 5.74) is 1.33. The standard InChI is InChI=1S/C23H17ClF2N4OS/c1-14(22(31)27-20-12-11-15(25)13-18(20)24)32-23-29-28-21(17-9-5-6-10-19(17)26)30(23)16-7-3-2-4-8-16/h2-14H,1H3,(H,27,31)/t14-/m1/s1. The summed E-state index contributed by atoms with van der Waals surface area (Å²) in [7, 11) is 0. The van der Waals surface area contributed by atoms with Gasteiger partial charge in [0.2, 0.25) is 5.91 Å². The lowest BCUT2D eigenvalue weighted by Gasteiger charge is -2.14. The lowest BCUT2D eigenvalue weighted by atomic mass is 10.2. The van der Waals surface area contributed by atoms with Crippen LogP contribution in [0.4, 0.5) is 14.5 Å². The van der Waals surface area contributed by atoms with Gasteiger partial charge in [-0.15, -0.1) is 10.2 Å². The molecule has 4 aromatic rings. The number of rotatable bonds is 6. The molecule has 1 heterocycles. The second-order valence-electron chi connectivity index (χ2n) is 6.83. The predicted octanol–water partition coefficient (Wildman–Crippen LogP) is 5.99.